The molecule has 0 atom stereocenters. The molecule has 0 bridgehead atoms. The summed E-state index contributed by atoms with van der Waals surface area (Å²) in [7, 11) is 0. The highest BCUT2D eigenvalue weighted by atomic mass is 16.5. The van der Waals surface area contributed by atoms with Gasteiger partial charge in [-0.05, 0) is 25.0 Å². The second-order valence-corrected chi connectivity index (χ2v) is 4.22. The van der Waals surface area contributed by atoms with Gasteiger partial charge in [0.25, 0.3) is 5.91 Å². The number of hydrogen-bond acceptors (Lipinski definition) is 4. The SMILES string of the molecule is O=C(NC1(CO)CCOCC1)c1ccccn1. The van der Waals surface area contributed by atoms with E-state index in [-0.39, 0.29) is 12.5 Å². The maximum Gasteiger partial charge on any atom is 0.270 e. The number of carbonyl (C=O) groups excluding carboxylic acids is 1. The average Bonchev–Trinajstić information content (AvgIpc) is 2.41. The summed E-state index contributed by atoms with van der Waals surface area (Å²) in [5.41, 5.74) is -0.195. The summed E-state index contributed by atoms with van der Waals surface area (Å²) in [6, 6.07) is 5.17. The van der Waals surface area contributed by atoms with Crippen molar-refractivity contribution < 1.29 is 14.6 Å². The van der Waals surface area contributed by atoms with E-state index in [0.29, 0.717) is 31.7 Å². The quantitative estimate of drug-likeness (QED) is 0.794. The molecule has 17 heavy (non-hydrogen) atoms. The van der Waals surface area contributed by atoms with E-state index in [1.807, 2.05) is 0 Å². The number of rotatable bonds is 3. The van der Waals surface area contributed by atoms with Crippen LogP contribution in [0.25, 0.3) is 0 Å². The molecule has 92 valence electrons. The maximum atomic E-state index is 12.0. The summed E-state index contributed by atoms with van der Waals surface area (Å²) in [4.78, 5) is 15.9. The molecular weight excluding hydrogens is 220 g/mol. The van der Waals surface area contributed by atoms with Gasteiger partial charge in [0.05, 0.1) is 12.1 Å². The zero-order valence-electron chi connectivity index (χ0n) is 9.56. The number of aromatic nitrogens is 1. The van der Waals surface area contributed by atoms with Crippen molar-refractivity contribution in [3.63, 3.8) is 0 Å². The zero-order chi connectivity index (χ0) is 12.1. The summed E-state index contributed by atoms with van der Waals surface area (Å²) in [6.07, 6.45) is 2.83. The van der Waals surface area contributed by atoms with Gasteiger partial charge < -0.3 is 15.2 Å². The van der Waals surface area contributed by atoms with Crippen LogP contribution in [-0.2, 0) is 4.74 Å². The predicted molar refractivity (Wildman–Crippen MR) is 61.6 cm³/mol. The monoisotopic (exact) mass is 236 g/mol. The van der Waals surface area contributed by atoms with Crippen molar-refractivity contribution in [2.24, 2.45) is 0 Å². The van der Waals surface area contributed by atoms with Crippen molar-refractivity contribution in [3.8, 4) is 0 Å². The van der Waals surface area contributed by atoms with E-state index >= 15 is 0 Å². The Hall–Kier alpha value is -1.46. The third-order valence-electron chi connectivity index (χ3n) is 3.03. The first-order valence-electron chi connectivity index (χ1n) is 5.68. The Morgan fingerprint density at radius 1 is 1.47 bits per heavy atom. The number of pyridine rings is 1. The second-order valence-electron chi connectivity index (χ2n) is 4.22. The molecular formula is C12H16N2O3. The highest BCUT2D eigenvalue weighted by molar-refractivity contribution is 5.92. The van der Waals surface area contributed by atoms with Gasteiger partial charge in [0.2, 0.25) is 0 Å². The highest BCUT2D eigenvalue weighted by Crippen LogP contribution is 2.20. The van der Waals surface area contributed by atoms with Gasteiger partial charge in [-0.25, -0.2) is 0 Å². The molecule has 1 aliphatic heterocycles. The molecule has 2 rings (SSSR count). The Labute approximate surface area is 99.8 Å². The minimum absolute atomic E-state index is 0.0745. The number of carbonyl (C=O) groups is 1. The number of hydrogen-bond donors (Lipinski definition) is 2. The number of aliphatic hydroxyl groups excluding tert-OH is 1. The summed E-state index contributed by atoms with van der Waals surface area (Å²) in [6.45, 7) is 1.04. The Kier molecular flexibility index (Phi) is 3.71. The van der Waals surface area contributed by atoms with Gasteiger partial charge >= 0.3 is 0 Å². The van der Waals surface area contributed by atoms with Gasteiger partial charge in [-0.2, -0.15) is 0 Å². The van der Waals surface area contributed by atoms with E-state index in [1.54, 1.807) is 24.4 Å². The normalized spacial score (nSPS) is 18.6. The molecule has 0 saturated carbocycles. The number of aliphatic hydroxyl groups is 1. The van der Waals surface area contributed by atoms with Gasteiger partial charge in [0.1, 0.15) is 5.69 Å². The number of nitrogens with zero attached hydrogens (tertiary/aromatic N) is 1. The lowest BCUT2D eigenvalue weighted by molar-refractivity contribution is 0.0124. The summed E-state index contributed by atoms with van der Waals surface area (Å²) < 4.78 is 5.24. The first-order chi connectivity index (χ1) is 8.26. The second kappa shape index (κ2) is 5.25. The first-order valence-corrected chi connectivity index (χ1v) is 5.68. The van der Waals surface area contributed by atoms with E-state index in [2.05, 4.69) is 10.3 Å². The number of nitrogens with one attached hydrogen (secondary N) is 1. The van der Waals surface area contributed by atoms with Crippen LogP contribution in [0.3, 0.4) is 0 Å². The molecule has 2 N–H and O–H groups in total. The molecule has 1 aromatic heterocycles. The lowest BCUT2D eigenvalue weighted by atomic mass is 9.91. The van der Waals surface area contributed by atoms with Crippen molar-refractivity contribution in [2.75, 3.05) is 19.8 Å². The van der Waals surface area contributed by atoms with Crippen molar-refractivity contribution in [1.29, 1.82) is 0 Å². The lowest BCUT2D eigenvalue weighted by Gasteiger charge is -2.36. The van der Waals surface area contributed by atoms with Crippen LogP contribution in [0.2, 0.25) is 0 Å². The van der Waals surface area contributed by atoms with Crippen molar-refractivity contribution in [3.05, 3.63) is 30.1 Å². The molecule has 1 amide bonds. The molecule has 1 saturated heterocycles. The van der Waals surface area contributed by atoms with Gasteiger partial charge in [0, 0.05) is 19.4 Å². The fourth-order valence-electron chi connectivity index (χ4n) is 1.89. The largest absolute Gasteiger partial charge is 0.394 e. The van der Waals surface area contributed by atoms with Gasteiger partial charge in [-0.1, -0.05) is 6.07 Å². The van der Waals surface area contributed by atoms with E-state index < -0.39 is 5.54 Å². The van der Waals surface area contributed by atoms with E-state index in [4.69, 9.17) is 4.74 Å². The van der Waals surface area contributed by atoms with Crippen molar-refractivity contribution in [1.82, 2.24) is 10.3 Å². The fourth-order valence-corrected chi connectivity index (χ4v) is 1.89. The maximum absolute atomic E-state index is 12.0. The topological polar surface area (TPSA) is 71.5 Å². The molecule has 1 aromatic rings. The Morgan fingerprint density at radius 2 is 2.24 bits per heavy atom. The van der Waals surface area contributed by atoms with Gasteiger partial charge in [0.15, 0.2) is 0 Å². The lowest BCUT2D eigenvalue weighted by Crippen LogP contribution is -2.54. The molecule has 5 nitrogen and oxygen atoms in total. The van der Waals surface area contributed by atoms with Crippen molar-refractivity contribution >= 4 is 5.91 Å². The minimum atomic E-state index is -0.563. The first kappa shape index (κ1) is 12.0. The highest BCUT2D eigenvalue weighted by Gasteiger charge is 2.33. The predicted octanol–water partition coefficient (Wildman–Crippen LogP) is 0.353. The third kappa shape index (κ3) is 2.81. The molecule has 1 fully saturated rings. The van der Waals surface area contributed by atoms with Gasteiger partial charge in [-0.15, -0.1) is 0 Å². The van der Waals surface area contributed by atoms with E-state index in [1.165, 1.54) is 0 Å². The van der Waals surface area contributed by atoms with Crippen molar-refractivity contribution in [2.45, 2.75) is 18.4 Å². The standard InChI is InChI=1S/C12H16N2O3/c15-9-12(4-7-17-8-5-12)14-11(16)10-3-1-2-6-13-10/h1-3,6,15H,4-5,7-9H2,(H,14,16). The Bertz CT molecular complexity index is 375. The molecule has 0 aromatic carbocycles. The minimum Gasteiger partial charge on any atom is -0.394 e. The van der Waals surface area contributed by atoms with Crippen LogP contribution in [-0.4, -0.2) is 41.4 Å². The summed E-state index contributed by atoms with van der Waals surface area (Å²) in [5, 5.41) is 12.3. The van der Waals surface area contributed by atoms with E-state index in [0.717, 1.165) is 0 Å². The van der Waals surface area contributed by atoms with Crippen LogP contribution in [0.15, 0.2) is 24.4 Å². The van der Waals surface area contributed by atoms with Crippen LogP contribution >= 0.6 is 0 Å². The smallest absolute Gasteiger partial charge is 0.270 e. The number of amides is 1. The number of ether oxygens (including phenoxy) is 1. The van der Waals surface area contributed by atoms with Crippen LogP contribution < -0.4 is 5.32 Å². The van der Waals surface area contributed by atoms with Crippen LogP contribution in [0, 0.1) is 0 Å². The molecule has 0 spiro atoms. The van der Waals surface area contributed by atoms with Crippen LogP contribution in [0.1, 0.15) is 23.3 Å². The average molecular weight is 236 g/mol. The third-order valence-corrected chi connectivity index (χ3v) is 3.03. The summed E-state index contributed by atoms with van der Waals surface area (Å²) in [5.74, 6) is -0.249. The molecule has 0 aliphatic carbocycles. The van der Waals surface area contributed by atoms with Gasteiger partial charge in [-0.3, -0.25) is 9.78 Å². The zero-order valence-corrected chi connectivity index (χ0v) is 9.56. The molecule has 0 unspecified atom stereocenters. The molecule has 0 radical (unpaired) electrons. The summed E-state index contributed by atoms with van der Waals surface area (Å²) >= 11 is 0. The molecule has 5 heteroatoms. The Balaban J connectivity index is 2.06. The Morgan fingerprint density at radius 3 is 2.82 bits per heavy atom. The van der Waals surface area contributed by atoms with Crippen LogP contribution in [0.5, 0.6) is 0 Å². The van der Waals surface area contributed by atoms with Crippen LogP contribution in [0.4, 0.5) is 0 Å². The fraction of sp³-hybridized carbons (Fsp3) is 0.500. The van der Waals surface area contributed by atoms with E-state index in [9.17, 15) is 9.90 Å². The molecule has 2 heterocycles. The molecule has 1 aliphatic rings.